The van der Waals surface area contributed by atoms with Crippen molar-refractivity contribution in [2.45, 2.75) is 4.90 Å². The molecule has 1 amide bonds. The SMILES string of the molecule is COc1ccc(Br)c(C(=O)N2CCN(S(=O)(=O)c3ccc(Cl)cc3)CC2)c1. The fourth-order valence-corrected chi connectivity index (χ4v) is 4.82. The van der Waals surface area contributed by atoms with E-state index >= 15 is 0 Å². The van der Waals surface area contributed by atoms with Crippen LogP contribution in [0, 0.1) is 0 Å². The molecule has 0 aliphatic carbocycles. The molecule has 0 aromatic heterocycles. The van der Waals surface area contributed by atoms with E-state index in [2.05, 4.69) is 15.9 Å². The van der Waals surface area contributed by atoms with Crippen LogP contribution < -0.4 is 4.74 Å². The van der Waals surface area contributed by atoms with Crippen LogP contribution in [0.25, 0.3) is 0 Å². The van der Waals surface area contributed by atoms with Gasteiger partial charge in [0.15, 0.2) is 0 Å². The van der Waals surface area contributed by atoms with Crippen molar-refractivity contribution in [3.63, 3.8) is 0 Å². The number of rotatable bonds is 4. The molecule has 0 saturated carbocycles. The number of piperazine rings is 1. The molecule has 2 aromatic carbocycles. The van der Waals surface area contributed by atoms with E-state index in [0.717, 1.165) is 0 Å². The highest BCUT2D eigenvalue weighted by molar-refractivity contribution is 9.10. The fourth-order valence-electron chi connectivity index (χ4n) is 2.85. The summed E-state index contributed by atoms with van der Waals surface area (Å²) >= 11 is 9.22. The Morgan fingerprint density at radius 1 is 1.07 bits per heavy atom. The number of hydrogen-bond donors (Lipinski definition) is 0. The van der Waals surface area contributed by atoms with Crippen LogP contribution in [0.2, 0.25) is 5.02 Å². The zero-order valence-electron chi connectivity index (χ0n) is 14.6. The van der Waals surface area contributed by atoms with Gasteiger partial charge in [0, 0.05) is 35.7 Å². The van der Waals surface area contributed by atoms with Crippen molar-refractivity contribution in [3.05, 3.63) is 57.5 Å². The molecule has 144 valence electrons. The Morgan fingerprint density at radius 2 is 1.70 bits per heavy atom. The van der Waals surface area contributed by atoms with Crippen LogP contribution in [0.5, 0.6) is 5.75 Å². The number of carbonyl (C=O) groups excluding carboxylic acids is 1. The number of nitrogens with zero attached hydrogens (tertiary/aromatic N) is 2. The molecule has 2 aromatic rings. The van der Waals surface area contributed by atoms with Gasteiger partial charge < -0.3 is 9.64 Å². The summed E-state index contributed by atoms with van der Waals surface area (Å²) in [6, 6.07) is 11.3. The van der Waals surface area contributed by atoms with Crippen molar-refractivity contribution in [2.75, 3.05) is 33.3 Å². The number of methoxy groups -OCH3 is 1. The smallest absolute Gasteiger partial charge is 0.255 e. The maximum absolute atomic E-state index is 12.8. The Morgan fingerprint density at radius 3 is 2.30 bits per heavy atom. The first-order chi connectivity index (χ1) is 12.8. The van der Waals surface area contributed by atoms with Gasteiger partial charge in [-0.1, -0.05) is 11.6 Å². The molecule has 1 fully saturated rings. The van der Waals surface area contributed by atoms with Crippen molar-refractivity contribution in [1.29, 1.82) is 0 Å². The van der Waals surface area contributed by atoms with Gasteiger partial charge in [-0.2, -0.15) is 4.31 Å². The van der Waals surface area contributed by atoms with E-state index < -0.39 is 10.0 Å². The Kier molecular flexibility index (Phi) is 6.10. The molecule has 27 heavy (non-hydrogen) atoms. The molecule has 0 radical (unpaired) electrons. The quantitative estimate of drug-likeness (QED) is 0.684. The summed E-state index contributed by atoms with van der Waals surface area (Å²) in [5.41, 5.74) is 0.489. The molecule has 1 saturated heterocycles. The average molecular weight is 474 g/mol. The number of carbonyl (C=O) groups is 1. The van der Waals surface area contributed by atoms with Crippen LogP contribution in [0.15, 0.2) is 51.8 Å². The van der Waals surface area contributed by atoms with Crippen LogP contribution >= 0.6 is 27.5 Å². The van der Waals surface area contributed by atoms with Gasteiger partial charge in [-0.05, 0) is 58.4 Å². The third-order valence-corrected chi connectivity index (χ3v) is 7.24. The molecule has 0 N–H and O–H groups in total. The predicted molar refractivity (Wildman–Crippen MR) is 107 cm³/mol. The monoisotopic (exact) mass is 472 g/mol. The van der Waals surface area contributed by atoms with Crippen LogP contribution in [0.3, 0.4) is 0 Å². The third kappa shape index (κ3) is 4.29. The van der Waals surface area contributed by atoms with Crippen molar-refractivity contribution < 1.29 is 17.9 Å². The lowest BCUT2D eigenvalue weighted by Gasteiger charge is -2.34. The van der Waals surface area contributed by atoms with Crippen molar-refractivity contribution in [2.24, 2.45) is 0 Å². The lowest BCUT2D eigenvalue weighted by molar-refractivity contribution is 0.0696. The molecule has 1 aliphatic rings. The molecular formula is C18H18BrClN2O4S. The van der Waals surface area contributed by atoms with E-state index in [9.17, 15) is 13.2 Å². The maximum Gasteiger partial charge on any atom is 0.255 e. The molecule has 0 bridgehead atoms. The highest BCUT2D eigenvalue weighted by Gasteiger charge is 2.31. The third-order valence-electron chi connectivity index (χ3n) is 4.38. The number of benzene rings is 2. The van der Waals surface area contributed by atoms with Gasteiger partial charge in [0.1, 0.15) is 5.75 Å². The maximum atomic E-state index is 12.8. The molecule has 1 heterocycles. The van der Waals surface area contributed by atoms with Gasteiger partial charge in [0.25, 0.3) is 5.91 Å². The normalized spacial score (nSPS) is 15.6. The fraction of sp³-hybridized carbons (Fsp3) is 0.278. The Bertz CT molecular complexity index is 942. The second kappa shape index (κ2) is 8.18. The number of sulfonamides is 1. The van der Waals surface area contributed by atoms with E-state index in [4.69, 9.17) is 16.3 Å². The Balaban J connectivity index is 1.71. The molecule has 0 unspecified atom stereocenters. The largest absolute Gasteiger partial charge is 0.497 e. The Hall–Kier alpha value is -1.61. The lowest BCUT2D eigenvalue weighted by Crippen LogP contribution is -2.50. The van der Waals surface area contributed by atoms with Gasteiger partial charge in [-0.15, -0.1) is 0 Å². The molecule has 0 spiro atoms. The minimum absolute atomic E-state index is 0.163. The van der Waals surface area contributed by atoms with E-state index in [0.29, 0.717) is 33.9 Å². The van der Waals surface area contributed by atoms with Crippen LogP contribution in [0.1, 0.15) is 10.4 Å². The molecule has 1 aliphatic heterocycles. The summed E-state index contributed by atoms with van der Waals surface area (Å²) in [4.78, 5) is 14.7. The van der Waals surface area contributed by atoms with Crippen LogP contribution in [-0.2, 0) is 10.0 Å². The lowest BCUT2D eigenvalue weighted by atomic mass is 10.1. The molecule has 9 heteroatoms. The summed E-state index contributed by atoms with van der Waals surface area (Å²) in [5.74, 6) is 0.426. The Labute approximate surface area is 171 Å². The molecule has 6 nitrogen and oxygen atoms in total. The van der Waals surface area contributed by atoms with Crippen molar-refractivity contribution in [3.8, 4) is 5.75 Å². The van der Waals surface area contributed by atoms with Crippen LogP contribution in [0.4, 0.5) is 0 Å². The summed E-state index contributed by atoms with van der Waals surface area (Å²) in [6.07, 6.45) is 0. The van der Waals surface area contributed by atoms with E-state index in [-0.39, 0.29) is 23.9 Å². The second-order valence-electron chi connectivity index (χ2n) is 6.00. The molecule has 3 rings (SSSR count). The number of hydrogen-bond acceptors (Lipinski definition) is 4. The van der Waals surface area contributed by atoms with Gasteiger partial charge in [0.05, 0.1) is 17.6 Å². The minimum Gasteiger partial charge on any atom is -0.497 e. The highest BCUT2D eigenvalue weighted by atomic mass is 79.9. The minimum atomic E-state index is -3.60. The van der Waals surface area contributed by atoms with E-state index in [1.807, 2.05) is 0 Å². The van der Waals surface area contributed by atoms with Crippen LogP contribution in [-0.4, -0.2) is 56.8 Å². The van der Waals surface area contributed by atoms with Crippen molar-refractivity contribution in [1.82, 2.24) is 9.21 Å². The summed E-state index contributed by atoms with van der Waals surface area (Å²) in [5, 5.41) is 0.480. The van der Waals surface area contributed by atoms with E-state index in [1.165, 1.54) is 23.5 Å². The average Bonchev–Trinajstić information content (AvgIpc) is 2.68. The zero-order chi connectivity index (χ0) is 19.6. The molecular weight excluding hydrogens is 456 g/mol. The summed E-state index contributed by atoms with van der Waals surface area (Å²) in [6.45, 7) is 1.10. The standard InChI is InChI=1S/C18H18BrClN2O4S/c1-26-14-4-7-17(19)16(12-14)18(23)21-8-10-22(11-9-21)27(24,25)15-5-2-13(20)3-6-15/h2-7,12H,8-11H2,1H3. The van der Waals surface area contributed by atoms with Crippen molar-refractivity contribution >= 4 is 43.5 Å². The van der Waals surface area contributed by atoms with Gasteiger partial charge in [-0.3, -0.25) is 4.79 Å². The van der Waals surface area contributed by atoms with Gasteiger partial charge >= 0.3 is 0 Å². The number of halogens is 2. The first-order valence-electron chi connectivity index (χ1n) is 8.21. The summed E-state index contributed by atoms with van der Waals surface area (Å²) < 4.78 is 32.7. The number of amides is 1. The van der Waals surface area contributed by atoms with Gasteiger partial charge in [0.2, 0.25) is 10.0 Å². The topological polar surface area (TPSA) is 66.9 Å². The first kappa shape index (κ1) is 20.1. The molecule has 0 atom stereocenters. The van der Waals surface area contributed by atoms with Gasteiger partial charge in [-0.25, -0.2) is 8.42 Å². The second-order valence-corrected chi connectivity index (χ2v) is 9.22. The number of ether oxygens (including phenoxy) is 1. The first-order valence-corrected chi connectivity index (χ1v) is 10.8. The summed E-state index contributed by atoms with van der Waals surface area (Å²) in [7, 11) is -2.06. The highest BCUT2D eigenvalue weighted by Crippen LogP contribution is 2.25. The predicted octanol–water partition coefficient (Wildman–Crippen LogP) is 3.26. The van der Waals surface area contributed by atoms with E-state index in [1.54, 1.807) is 35.2 Å². The zero-order valence-corrected chi connectivity index (χ0v) is 17.7.